The molecule has 1 saturated heterocycles. The molecule has 128 valence electrons. The van der Waals surface area contributed by atoms with Crippen molar-refractivity contribution in [2.45, 2.75) is 32.4 Å². The second-order valence-corrected chi connectivity index (χ2v) is 5.66. The number of rotatable bonds is 4. The molecule has 1 aliphatic rings. The Morgan fingerprint density at radius 3 is 3.04 bits per heavy atom. The number of piperidine rings is 1. The minimum Gasteiger partial charge on any atom is -0.464 e. The number of carbonyl (C=O) groups is 1. The Morgan fingerprint density at radius 1 is 1.46 bits per heavy atom. The van der Waals surface area contributed by atoms with E-state index < -0.39 is 5.97 Å². The third kappa shape index (κ3) is 3.01. The van der Waals surface area contributed by atoms with Crippen LogP contribution in [0.5, 0.6) is 0 Å². The first-order valence-electron chi connectivity index (χ1n) is 7.94. The lowest BCUT2D eigenvalue weighted by Crippen LogP contribution is -2.41. The number of aryl methyl sites for hydroxylation is 1. The first-order valence-corrected chi connectivity index (χ1v) is 7.94. The summed E-state index contributed by atoms with van der Waals surface area (Å²) >= 11 is 0. The number of aromatic nitrogens is 5. The fourth-order valence-electron chi connectivity index (χ4n) is 2.92. The molecule has 0 amide bonds. The molecule has 0 aliphatic carbocycles. The van der Waals surface area contributed by atoms with E-state index >= 15 is 0 Å². The van der Waals surface area contributed by atoms with E-state index in [1.54, 1.807) is 27.8 Å². The molecule has 0 aromatic carbocycles. The first kappa shape index (κ1) is 16.2. The fourth-order valence-corrected chi connectivity index (χ4v) is 2.92. The predicted octanol–water partition coefficient (Wildman–Crippen LogP) is 0.483. The molecule has 3 heterocycles. The highest BCUT2D eigenvalue weighted by atomic mass is 16.5. The van der Waals surface area contributed by atoms with Crippen molar-refractivity contribution in [3.05, 3.63) is 34.6 Å². The molecule has 0 radical (unpaired) electrons. The van der Waals surface area contributed by atoms with Gasteiger partial charge in [0.25, 0.3) is 5.56 Å². The van der Waals surface area contributed by atoms with Gasteiger partial charge in [0, 0.05) is 32.0 Å². The number of carbonyl (C=O) groups excluding carboxylic acids is 1. The number of hydrogen-bond donors (Lipinski definition) is 0. The molecule has 0 saturated carbocycles. The van der Waals surface area contributed by atoms with E-state index in [0.717, 1.165) is 19.4 Å². The van der Waals surface area contributed by atoms with Crippen molar-refractivity contribution in [1.82, 2.24) is 24.5 Å². The molecule has 0 N–H and O–H groups in total. The van der Waals surface area contributed by atoms with Crippen molar-refractivity contribution in [1.29, 1.82) is 0 Å². The zero-order chi connectivity index (χ0) is 17.1. The zero-order valence-electron chi connectivity index (χ0n) is 13.8. The molecule has 2 aromatic rings. The van der Waals surface area contributed by atoms with Crippen molar-refractivity contribution in [2.75, 3.05) is 25.1 Å². The largest absolute Gasteiger partial charge is 0.464 e. The molecule has 3 rings (SSSR count). The first-order chi connectivity index (χ1) is 11.6. The van der Waals surface area contributed by atoms with Crippen LogP contribution < -0.4 is 10.5 Å². The number of ether oxygens (including phenoxy) is 1. The highest BCUT2D eigenvalue weighted by Gasteiger charge is 2.26. The normalized spacial score (nSPS) is 17.8. The summed E-state index contributed by atoms with van der Waals surface area (Å²) in [5.41, 5.74) is 0.0929. The zero-order valence-corrected chi connectivity index (χ0v) is 13.8. The van der Waals surface area contributed by atoms with Gasteiger partial charge in [0.1, 0.15) is 0 Å². The lowest BCUT2D eigenvalue weighted by Gasteiger charge is -2.32. The molecular weight excluding hydrogens is 312 g/mol. The number of esters is 1. The second-order valence-electron chi connectivity index (χ2n) is 5.66. The lowest BCUT2D eigenvalue weighted by molar-refractivity contribution is 0.0594. The van der Waals surface area contributed by atoms with Crippen molar-refractivity contribution < 1.29 is 9.53 Å². The van der Waals surface area contributed by atoms with E-state index in [4.69, 9.17) is 0 Å². The van der Waals surface area contributed by atoms with Crippen molar-refractivity contribution in [3.8, 4) is 0 Å². The Bertz CT molecular complexity index is 784. The Kier molecular flexibility index (Phi) is 4.59. The summed E-state index contributed by atoms with van der Waals surface area (Å²) in [5, 5.41) is 7.87. The molecule has 1 fully saturated rings. The van der Waals surface area contributed by atoms with Crippen LogP contribution in [0.15, 0.2) is 23.4 Å². The molecule has 1 unspecified atom stereocenters. The summed E-state index contributed by atoms with van der Waals surface area (Å²) in [6, 6.07) is 0.0288. The minimum atomic E-state index is -0.510. The second kappa shape index (κ2) is 6.81. The molecule has 24 heavy (non-hydrogen) atoms. The Hall–Kier alpha value is -2.71. The topological polar surface area (TPSA) is 95.1 Å². The Morgan fingerprint density at radius 2 is 2.29 bits per heavy atom. The molecule has 9 nitrogen and oxygen atoms in total. The van der Waals surface area contributed by atoms with Crippen LogP contribution in [0, 0.1) is 0 Å². The number of nitrogens with zero attached hydrogens (tertiary/aromatic N) is 6. The smallest absolute Gasteiger partial charge is 0.360 e. The van der Waals surface area contributed by atoms with Crippen LogP contribution in [0.1, 0.15) is 36.3 Å². The molecule has 0 bridgehead atoms. The van der Waals surface area contributed by atoms with E-state index in [1.165, 1.54) is 7.11 Å². The fraction of sp³-hybridized carbons (Fsp3) is 0.533. The van der Waals surface area contributed by atoms with Crippen LogP contribution in [-0.2, 0) is 11.3 Å². The van der Waals surface area contributed by atoms with E-state index in [-0.39, 0.29) is 17.3 Å². The van der Waals surface area contributed by atoms with E-state index in [1.807, 2.05) is 11.8 Å². The van der Waals surface area contributed by atoms with Gasteiger partial charge in [0.15, 0.2) is 11.5 Å². The summed E-state index contributed by atoms with van der Waals surface area (Å²) in [4.78, 5) is 30.2. The van der Waals surface area contributed by atoms with Gasteiger partial charge in [0.2, 0.25) is 0 Å². The molecule has 0 spiro atoms. The van der Waals surface area contributed by atoms with E-state index in [9.17, 15) is 9.59 Å². The van der Waals surface area contributed by atoms with Crippen LogP contribution in [-0.4, -0.2) is 50.7 Å². The number of anilines is 1. The highest BCUT2D eigenvalue weighted by molar-refractivity contribution is 5.86. The van der Waals surface area contributed by atoms with Crippen LogP contribution in [0.25, 0.3) is 0 Å². The van der Waals surface area contributed by atoms with Crippen LogP contribution in [0.4, 0.5) is 5.82 Å². The standard InChI is InChI=1S/C15H20N6O3/c1-3-19-8-6-16-13(14(19)22)20-7-4-5-11(9-20)21-10-12(17-18-21)15(23)24-2/h6,8,10-11H,3-5,7,9H2,1-2H3. The summed E-state index contributed by atoms with van der Waals surface area (Å²) in [7, 11) is 1.31. The van der Waals surface area contributed by atoms with E-state index in [2.05, 4.69) is 20.0 Å². The van der Waals surface area contributed by atoms with Crippen molar-refractivity contribution >= 4 is 11.8 Å². The summed E-state index contributed by atoms with van der Waals surface area (Å²) in [6.07, 6.45) is 6.72. The van der Waals surface area contributed by atoms with Gasteiger partial charge in [-0.1, -0.05) is 5.21 Å². The van der Waals surface area contributed by atoms with Gasteiger partial charge in [-0.2, -0.15) is 0 Å². The average Bonchev–Trinajstić information content (AvgIpc) is 3.11. The SMILES string of the molecule is CCn1ccnc(N2CCCC(n3cc(C(=O)OC)nn3)C2)c1=O. The Labute approximate surface area is 138 Å². The molecule has 1 aliphatic heterocycles. The molecule has 1 atom stereocenters. The number of hydrogen-bond acceptors (Lipinski definition) is 7. The summed E-state index contributed by atoms with van der Waals surface area (Å²) < 4.78 is 7.95. The predicted molar refractivity (Wildman–Crippen MR) is 86.0 cm³/mol. The van der Waals surface area contributed by atoms with Gasteiger partial charge >= 0.3 is 5.97 Å². The molecular formula is C15H20N6O3. The van der Waals surface area contributed by atoms with Gasteiger partial charge < -0.3 is 14.2 Å². The van der Waals surface area contributed by atoms with Gasteiger partial charge in [0.05, 0.1) is 19.3 Å². The highest BCUT2D eigenvalue weighted by Crippen LogP contribution is 2.23. The van der Waals surface area contributed by atoms with E-state index in [0.29, 0.717) is 18.9 Å². The molecule has 2 aromatic heterocycles. The maximum Gasteiger partial charge on any atom is 0.360 e. The van der Waals surface area contributed by atoms with Crippen LogP contribution in [0.3, 0.4) is 0 Å². The van der Waals surface area contributed by atoms with Gasteiger partial charge in [-0.25, -0.2) is 14.5 Å². The lowest BCUT2D eigenvalue weighted by atomic mass is 10.1. The molecule has 9 heteroatoms. The third-order valence-electron chi connectivity index (χ3n) is 4.21. The van der Waals surface area contributed by atoms with Gasteiger partial charge in [-0.3, -0.25) is 4.79 Å². The minimum absolute atomic E-state index is 0.0288. The number of methoxy groups -OCH3 is 1. The quantitative estimate of drug-likeness (QED) is 0.752. The van der Waals surface area contributed by atoms with Gasteiger partial charge in [-0.15, -0.1) is 5.10 Å². The average molecular weight is 332 g/mol. The third-order valence-corrected chi connectivity index (χ3v) is 4.21. The van der Waals surface area contributed by atoms with Crippen molar-refractivity contribution in [2.24, 2.45) is 0 Å². The summed E-state index contributed by atoms with van der Waals surface area (Å²) in [6.45, 7) is 3.90. The van der Waals surface area contributed by atoms with Gasteiger partial charge in [-0.05, 0) is 19.8 Å². The monoisotopic (exact) mass is 332 g/mol. The maximum atomic E-state index is 12.4. The van der Waals surface area contributed by atoms with Crippen LogP contribution in [0.2, 0.25) is 0 Å². The van der Waals surface area contributed by atoms with Crippen LogP contribution >= 0.6 is 0 Å². The Balaban J connectivity index is 1.81. The summed E-state index contributed by atoms with van der Waals surface area (Å²) in [5.74, 6) is -0.0539. The maximum absolute atomic E-state index is 12.4. The van der Waals surface area contributed by atoms with Crippen molar-refractivity contribution in [3.63, 3.8) is 0 Å².